The molecule has 0 radical (unpaired) electrons. The SMILES string of the molecule is Cc1[nH]c2cc([N+](=O)[O-])ccc2c1C(c1ccccc1)N(C)C. The number of nitro benzene ring substituents is 1. The first-order valence-corrected chi connectivity index (χ1v) is 7.47. The van der Waals surface area contributed by atoms with Crippen molar-refractivity contribution in [2.75, 3.05) is 14.1 Å². The molecule has 3 aromatic rings. The summed E-state index contributed by atoms with van der Waals surface area (Å²) in [5.41, 5.74) is 4.29. The summed E-state index contributed by atoms with van der Waals surface area (Å²) in [6, 6.07) is 15.4. The van der Waals surface area contributed by atoms with Crippen molar-refractivity contribution in [1.82, 2.24) is 9.88 Å². The van der Waals surface area contributed by atoms with Gasteiger partial charge < -0.3 is 4.98 Å². The van der Waals surface area contributed by atoms with Crippen LogP contribution < -0.4 is 0 Å². The zero-order chi connectivity index (χ0) is 16.6. The lowest BCUT2D eigenvalue weighted by Crippen LogP contribution is -2.21. The summed E-state index contributed by atoms with van der Waals surface area (Å²) < 4.78 is 0. The number of nitro groups is 1. The van der Waals surface area contributed by atoms with Gasteiger partial charge >= 0.3 is 0 Å². The highest BCUT2D eigenvalue weighted by molar-refractivity contribution is 5.87. The summed E-state index contributed by atoms with van der Waals surface area (Å²) in [7, 11) is 4.09. The van der Waals surface area contributed by atoms with E-state index in [1.165, 1.54) is 5.56 Å². The molecule has 0 saturated carbocycles. The molecule has 1 N–H and O–H groups in total. The third kappa shape index (κ3) is 2.71. The molecule has 2 aromatic carbocycles. The number of aromatic amines is 1. The van der Waals surface area contributed by atoms with Gasteiger partial charge in [0.05, 0.1) is 16.5 Å². The van der Waals surface area contributed by atoms with Gasteiger partial charge in [0.1, 0.15) is 0 Å². The molecule has 0 bridgehead atoms. The summed E-state index contributed by atoms with van der Waals surface area (Å²) >= 11 is 0. The van der Waals surface area contributed by atoms with E-state index in [0.717, 1.165) is 22.2 Å². The molecule has 0 aliphatic heterocycles. The van der Waals surface area contributed by atoms with Crippen molar-refractivity contribution >= 4 is 16.6 Å². The Labute approximate surface area is 134 Å². The summed E-state index contributed by atoms with van der Waals surface area (Å²) in [6.07, 6.45) is 0. The van der Waals surface area contributed by atoms with E-state index < -0.39 is 0 Å². The van der Waals surface area contributed by atoms with Crippen molar-refractivity contribution in [2.24, 2.45) is 0 Å². The van der Waals surface area contributed by atoms with Crippen molar-refractivity contribution in [3.8, 4) is 0 Å². The summed E-state index contributed by atoms with van der Waals surface area (Å²) in [5, 5.41) is 12.0. The molecule has 1 aromatic heterocycles. The molecular weight excluding hydrogens is 290 g/mol. The van der Waals surface area contributed by atoms with Crippen molar-refractivity contribution in [2.45, 2.75) is 13.0 Å². The number of nitrogens with one attached hydrogen (secondary N) is 1. The number of aryl methyl sites for hydroxylation is 1. The highest BCUT2D eigenvalue weighted by Crippen LogP contribution is 2.35. The highest BCUT2D eigenvalue weighted by Gasteiger charge is 2.23. The van der Waals surface area contributed by atoms with Gasteiger partial charge in [0.2, 0.25) is 0 Å². The van der Waals surface area contributed by atoms with Crippen LogP contribution in [0.2, 0.25) is 0 Å². The zero-order valence-electron chi connectivity index (χ0n) is 13.4. The monoisotopic (exact) mass is 309 g/mol. The van der Waals surface area contributed by atoms with E-state index in [-0.39, 0.29) is 16.7 Å². The molecule has 0 spiro atoms. The first-order chi connectivity index (χ1) is 11.0. The van der Waals surface area contributed by atoms with Gasteiger partial charge in [-0.05, 0) is 32.6 Å². The molecule has 5 nitrogen and oxygen atoms in total. The van der Waals surface area contributed by atoms with E-state index >= 15 is 0 Å². The number of H-pyrrole nitrogens is 1. The minimum Gasteiger partial charge on any atom is -0.358 e. The molecule has 1 heterocycles. The van der Waals surface area contributed by atoms with Crippen LogP contribution in [-0.4, -0.2) is 28.9 Å². The van der Waals surface area contributed by atoms with Crippen LogP contribution in [0.25, 0.3) is 10.9 Å². The molecule has 23 heavy (non-hydrogen) atoms. The maximum atomic E-state index is 11.0. The van der Waals surface area contributed by atoms with Crippen molar-refractivity contribution in [3.63, 3.8) is 0 Å². The molecule has 1 unspecified atom stereocenters. The Morgan fingerprint density at radius 3 is 2.43 bits per heavy atom. The molecule has 5 heteroatoms. The molecule has 0 fully saturated rings. The molecule has 0 aliphatic rings. The van der Waals surface area contributed by atoms with Crippen molar-refractivity contribution in [3.05, 3.63) is 75.5 Å². The smallest absolute Gasteiger partial charge is 0.271 e. The lowest BCUT2D eigenvalue weighted by atomic mass is 9.95. The van der Waals surface area contributed by atoms with Crippen LogP contribution in [0, 0.1) is 17.0 Å². The maximum absolute atomic E-state index is 11.0. The Morgan fingerprint density at radius 1 is 1.13 bits per heavy atom. The van der Waals surface area contributed by atoms with Crippen LogP contribution in [0.1, 0.15) is 22.9 Å². The Balaban J connectivity index is 2.21. The lowest BCUT2D eigenvalue weighted by molar-refractivity contribution is -0.384. The quantitative estimate of drug-likeness (QED) is 0.584. The van der Waals surface area contributed by atoms with Gasteiger partial charge in [0.25, 0.3) is 5.69 Å². The number of rotatable bonds is 4. The molecular formula is C18H19N3O2. The molecule has 0 amide bonds. The predicted molar refractivity (Wildman–Crippen MR) is 91.7 cm³/mol. The van der Waals surface area contributed by atoms with Crippen LogP contribution >= 0.6 is 0 Å². The van der Waals surface area contributed by atoms with Gasteiger partial charge in [-0.25, -0.2) is 0 Å². The molecule has 118 valence electrons. The summed E-state index contributed by atoms with van der Waals surface area (Å²) in [5.74, 6) is 0. The molecule has 0 saturated heterocycles. The second-order valence-electron chi connectivity index (χ2n) is 5.93. The predicted octanol–water partition coefficient (Wildman–Crippen LogP) is 4.04. The number of nitrogens with zero attached hydrogens (tertiary/aromatic N) is 2. The number of aromatic nitrogens is 1. The second kappa shape index (κ2) is 5.85. The van der Waals surface area contributed by atoms with Gasteiger partial charge in [0.15, 0.2) is 0 Å². The number of non-ortho nitro benzene ring substituents is 1. The Bertz CT molecular complexity index is 853. The van der Waals surface area contributed by atoms with E-state index in [1.807, 2.05) is 45.3 Å². The summed E-state index contributed by atoms with van der Waals surface area (Å²) in [6.45, 7) is 2.01. The Kier molecular flexibility index (Phi) is 3.88. The maximum Gasteiger partial charge on any atom is 0.271 e. The third-order valence-corrected chi connectivity index (χ3v) is 4.14. The van der Waals surface area contributed by atoms with Gasteiger partial charge in [-0.2, -0.15) is 0 Å². The highest BCUT2D eigenvalue weighted by atomic mass is 16.6. The molecule has 3 rings (SSSR count). The Hall–Kier alpha value is -2.66. The summed E-state index contributed by atoms with van der Waals surface area (Å²) in [4.78, 5) is 16.1. The van der Waals surface area contributed by atoms with E-state index in [9.17, 15) is 10.1 Å². The Morgan fingerprint density at radius 2 is 1.83 bits per heavy atom. The fourth-order valence-corrected chi connectivity index (χ4v) is 3.17. The number of hydrogen-bond acceptors (Lipinski definition) is 3. The normalized spacial score (nSPS) is 12.7. The van der Waals surface area contributed by atoms with Crippen molar-refractivity contribution in [1.29, 1.82) is 0 Å². The number of benzene rings is 2. The zero-order valence-corrected chi connectivity index (χ0v) is 13.4. The van der Waals surface area contributed by atoms with E-state index in [4.69, 9.17) is 0 Å². The van der Waals surface area contributed by atoms with E-state index in [1.54, 1.807) is 12.1 Å². The van der Waals surface area contributed by atoms with E-state index in [0.29, 0.717) is 0 Å². The van der Waals surface area contributed by atoms with E-state index in [2.05, 4.69) is 22.0 Å². The van der Waals surface area contributed by atoms with Gasteiger partial charge in [-0.1, -0.05) is 30.3 Å². The minimum absolute atomic E-state index is 0.0893. The average Bonchev–Trinajstić information content (AvgIpc) is 2.84. The standard InChI is InChI=1S/C18H19N3O2/c1-12-17(18(20(2)3)13-7-5-4-6-8-13)15-10-9-14(21(22)23)11-16(15)19-12/h4-11,18-19H,1-3H3. The van der Waals surface area contributed by atoms with Crippen LogP contribution in [-0.2, 0) is 0 Å². The fraction of sp³-hybridized carbons (Fsp3) is 0.222. The number of fused-ring (bicyclic) bond motifs is 1. The first-order valence-electron chi connectivity index (χ1n) is 7.47. The minimum atomic E-state index is -0.365. The fourth-order valence-electron chi connectivity index (χ4n) is 3.17. The van der Waals surface area contributed by atoms with Gasteiger partial charge in [-0.15, -0.1) is 0 Å². The third-order valence-electron chi connectivity index (χ3n) is 4.14. The van der Waals surface area contributed by atoms with Crippen LogP contribution in [0.15, 0.2) is 48.5 Å². The van der Waals surface area contributed by atoms with Gasteiger partial charge in [0, 0.05) is 28.8 Å². The molecule has 1 atom stereocenters. The van der Waals surface area contributed by atoms with Crippen LogP contribution in [0.5, 0.6) is 0 Å². The van der Waals surface area contributed by atoms with Crippen LogP contribution in [0.4, 0.5) is 5.69 Å². The topological polar surface area (TPSA) is 62.2 Å². The molecule has 0 aliphatic carbocycles. The number of hydrogen-bond donors (Lipinski definition) is 1. The van der Waals surface area contributed by atoms with Crippen LogP contribution in [0.3, 0.4) is 0 Å². The average molecular weight is 309 g/mol. The largest absolute Gasteiger partial charge is 0.358 e. The second-order valence-corrected chi connectivity index (χ2v) is 5.93. The lowest BCUT2D eigenvalue weighted by Gasteiger charge is -2.25. The first kappa shape index (κ1) is 15.2. The van der Waals surface area contributed by atoms with Gasteiger partial charge in [-0.3, -0.25) is 15.0 Å². The van der Waals surface area contributed by atoms with Crippen molar-refractivity contribution < 1.29 is 4.92 Å².